The average molecular weight is 458 g/mol. The standard InChI is InChI=1S/C16H16BrN3O4S2/c1-9-12(14(21)23-3)25-16(19(9)2)20(11-7-5-10(17)6-8-11)18-13(26-16)15(22)24-4/h5-8H,1-4H3/t16-/m1/s1. The summed E-state index contributed by atoms with van der Waals surface area (Å²) < 4.78 is 9.81. The number of benzene rings is 1. The van der Waals surface area contributed by atoms with E-state index in [0.717, 1.165) is 15.9 Å². The highest BCUT2D eigenvalue weighted by atomic mass is 79.9. The van der Waals surface area contributed by atoms with Crippen molar-refractivity contribution in [3.63, 3.8) is 0 Å². The van der Waals surface area contributed by atoms with Gasteiger partial charge in [0.15, 0.2) is 0 Å². The number of nitrogens with zero attached hydrogens (tertiary/aromatic N) is 3. The molecule has 0 aromatic heterocycles. The highest BCUT2D eigenvalue weighted by Gasteiger charge is 2.56. The Balaban J connectivity index is 2.06. The van der Waals surface area contributed by atoms with E-state index < -0.39 is 16.3 Å². The van der Waals surface area contributed by atoms with Crippen LogP contribution >= 0.6 is 39.5 Å². The number of methoxy groups -OCH3 is 2. The summed E-state index contributed by atoms with van der Waals surface area (Å²) in [6, 6.07) is 7.55. The third kappa shape index (κ3) is 2.99. The van der Waals surface area contributed by atoms with Gasteiger partial charge in [0.2, 0.25) is 9.37 Å². The fourth-order valence-electron chi connectivity index (χ4n) is 2.51. The lowest BCUT2D eigenvalue weighted by Crippen LogP contribution is -2.47. The number of anilines is 1. The average Bonchev–Trinajstić information content (AvgIpc) is 3.15. The summed E-state index contributed by atoms with van der Waals surface area (Å²) >= 11 is 5.94. The molecular formula is C16H16BrN3O4S2. The van der Waals surface area contributed by atoms with E-state index in [1.807, 2.05) is 43.1 Å². The van der Waals surface area contributed by atoms with Crippen LogP contribution in [0.1, 0.15) is 6.92 Å². The molecule has 1 aromatic rings. The third-order valence-electron chi connectivity index (χ3n) is 3.98. The molecule has 2 aliphatic heterocycles. The third-order valence-corrected chi connectivity index (χ3v) is 7.54. The Morgan fingerprint density at radius 2 is 1.73 bits per heavy atom. The molecule has 0 saturated carbocycles. The van der Waals surface area contributed by atoms with Gasteiger partial charge in [-0.15, -0.1) is 0 Å². The van der Waals surface area contributed by atoms with Crippen molar-refractivity contribution < 1.29 is 19.1 Å². The maximum atomic E-state index is 12.2. The van der Waals surface area contributed by atoms with Crippen molar-refractivity contribution >= 4 is 62.1 Å². The van der Waals surface area contributed by atoms with E-state index in [1.54, 1.807) is 5.01 Å². The molecule has 0 saturated heterocycles. The van der Waals surface area contributed by atoms with Crippen LogP contribution in [-0.2, 0) is 19.1 Å². The molecule has 7 nitrogen and oxygen atoms in total. The number of ether oxygens (including phenoxy) is 2. The van der Waals surface area contributed by atoms with Crippen molar-refractivity contribution in [3.05, 3.63) is 39.3 Å². The largest absolute Gasteiger partial charge is 0.465 e. The van der Waals surface area contributed by atoms with Crippen molar-refractivity contribution in [3.8, 4) is 0 Å². The second-order valence-corrected chi connectivity index (χ2v) is 8.92. The Labute approximate surface area is 167 Å². The molecule has 138 valence electrons. The number of carbonyl (C=O) groups excluding carboxylic acids is 2. The van der Waals surface area contributed by atoms with Crippen LogP contribution in [0.25, 0.3) is 0 Å². The maximum Gasteiger partial charge on any atom is 0.365 e. The minimum absolute atomic E-state index is 0.216. The molecule has 0 amide bonds. The van der Waals surface area contributed by atoms with Gasteiger partial charge in [0, 0.05) is 17.2 Å². The zero-order valence-corrected chi connectivity index (χ0v) is 17.7. The van der Waals surface area contributed by atoms with Gasteiger partial charge in [-0.25, -0.2) is 14.6 Å². The Morgan fingerprint density at radius 3 is 2.31 bits per heavy atom. The van der Waals surface area contributed by atoms with E-state index in [9.17, 15) is 9.59 Å². The van der Waals surface area contributed by atoms with E-state index in [4.69, 9.17) is 9.47 Å². The smallest absolute Gasteiger partial charge is 0.365 e. The predicted molar refractivity (Wildman–Crippen MR) is 106 cm³/mol. The number of thioether (sulfide) groups is 2. The molecule has 3 rings (SSSR count). The summed E-state index contributed by atoms with van der Waals surface area (Å²) in [5, 5.41) is 6.42. The van der Waals surface area contributed by atoms with Gasteiger partial charge in [-0.05, 0) is 43.0 Å². The number of hydrazone groups is 1. The number of esters is 2. The SMILES string of the molecule is COC(=O)C1=NN(c2ccc(Br)cc2)[C@@]2(S1)SC(C(=O)OC)=C(C)N2C. The number of carbonyl (C=O) groups is 2. The van der Waals surface area contributed by atoms with Crippen molar-refractivity contribution in [2.45, 2.75) is 11.3 Å². The van der Waals surface area contributed by atoms with E-state index in [1.165, 1.54) is 37.7 Å². The first-order valence-corrected chi connectivity index (χ1v) is 9.90. The zero-order chi connectivity index (χ0) is 19.1. The summed E-state index contributed by atoms with van der Waals surface area (Å²) in [5.74, 6) is -0.939. The maximum absolute atomic E-state index is 12.2. The van der Waals surface area contributed by atoms with E-state index in [0.29, 0.717) is 4.91 Å². The van der Waals surface area contributed by atoms with Crippen molar-refractivity contribution in [1.82, 2.24) is 4.90 Å². The summed E-state index contributed by atoms with van der Waals surface area (Å²) in [4.78, 5) is 26.7. The van der Waals surface area contributed by atoms with Crippen LogP contribution in [0, 0.1) is 0 Å². The van der Waals surface area contributed by atoms with Gasteiger partial charge in [-0.3, -0.25) is 0 Å². The lowest BCUT2D eigenvalue weighted by molar-refractivity contribution is -0.135. The van der Waals surface area contributed by atoms with Crippen molar-refractivity contribution in [2.75, 3.05) is 26.3 Å². The first kappa shape index (κ1) is 19.1. The Kier molecular flexibility index (Phi) is 5.27. The minimum Gasteiger partial charge on any atom is -0.465 e. The summed E-state index contributed by atoms with van der Waals surface area (Å²) in [5.41, 5.74) is 1.52. The molecular weight excluding hydrogens is 442 g/mol. The molecule has 1 spiro atoms. The molecule has 0 unspecified atom stereocenters. The van der Waals surface area contributed by atoms with Crippen molar-refractivity contribution in [2.24, 2.45) is 5.10 Å². The van der Waals surface area contributed by atoms with Crippen LogP contribution in [0.2, 0.25) is 0 Å². The normalized spacial score (nSPS) is 22.1. The molecule has 1 aromatic carbocycles. The fourth-order valence-corrected chi connectivity index (χ4v) is 5.70. The molecule has 0 bridgehead atoms. The number of allylic oxidation sites excluding steroid dienone is 1. The molecule has 0 N–H and O–H groups in total. The van der Waals surface area contributed by atoms with Gasteiger partial charge in [-0.2, -0.15) is 5.10 Å². The topological polar surface area (TPSA) is 71.4 Å². The fraction of sp³-hybridized carbons (Fsp3) is 0.312. The van der Waals surface area contributed by atoms with Gasteiger partial charge in [0.05, 0.1) is 19.9 Å². The summed E-state index contributed by atoms with van der Waals surface area (Å²) in [6.07, 6.45) is 0. The zero-order valence-electron chi connectivity index (χ0n) is 14.5. The second kappa shape index (κ2) is 7.16. The molecule has 1 atom stereocenters. The Bertz CT molecular complexity index is 827. The molecule has 2 heterocycles. The van der Waals surface area contributed by atoms with Gasteiger partial charge in [0.25, 0.3) is 0 Å². The monoisotopic (exact) mass is 457 g/mol. The minimum atomic E-state index is -0.856. The van der Waals surface area contributed by atoms with E-state index in [2.05, 4.69) is 21.0 Å². The predicted octanol–water partition coefficient (Wildman–Crippen LogP) is 3.18. The number of halogens is 1. The number of hydrogen-bond donors (Lipinski definition) is 0. The lowest BCUT2D eigenvalue weighted by atomic mass is 10.3. The molecule has 2 aliphatic rings. The summed E-state index contributed by atoms with van der Waals surface area (Å²) in [7, 11) is 4.51. The first-order chi connectivity index (χ1) is 12.3. The van der Waals surface area contributed by atoms with Crippen LogP contribution in [-0.4, -0.2) is 47.5 Å². The first-order valence-electron chi connectivity index (χ1n) is 7.48. The highest BCUT2D eigenvalue weighted by molar-refractivity contribution is 9.10. The molecule has 0 radical (unpaired) electrons. The highest BCUT2D eigenvalue weighted by Crippen LogP contribution is 2.58. The second-order valence-electron chi connectivity index (χ2n) is 5.40. The van der Waals surface area contributed by atoms with Gasteiger partial charge in [0.1, 0.15) is 4.91 Å². The van der Waals surface area contributed by atoms with E-state index in [-0.39, 0.29) is 5.04 Å². The van der Waals surface area contributed by atoms with Gasteiger partial charge < -0.3 is 14.4 Å². The quantitative estimate of drug-likeness (QED) is 0.640. The van der Waals surface area contributed by atoms with Crippen molar-refractivity contribution in [1.29, 1.82) is 0 Å². The van der Waals surface area contributed by atoms with E-state index >= 15 is 0 Å². The molecule has 0 fully saturated rings. The van der Waals surface area contributed by atoms with Crippen LogP contribution < -0.4 is 5.01 Å². The number of rotatable bonds is 3. The lowest BCUT2D eigenvalue weighted by Gasteiger charge is -2.39. The Morgan fingerprint density at radius 1 is 1.12 bits per heavy atom. The van der Waals surface area contributed by atoms with Crippen LogP contribution in [0.5, 0.6) is 0 Å². The molecule has 26 heavy (non-hydrogen) atoms. The molecule has 0 aliphatic carbocycles. The van der Waals surface area contributed by atoms with Gasteiger partial charge >= 0.3 is 11.9 Å². The number of hydrogen-bond acceptors (Lipinski definition) is 9. The molecule has 10 heteroatoms. The van der Waals surface area contributed by atoms with Crippen LogP contribution in [0.3, 0.4) is 0 Å². The van der Waals surface area contributed by atoms with Crippen LogP contribution in [0.15, 0.2) is 44.4 Å². The van der Waals surface area contributed by atoms with Gasteiger partial charge in [-0.1, -0.05) is 27.7 Å². The summed E-state index contributed by atoms with van der Waals surface area (Å²) in [6.45, 7) is 1.84. The Hall–Kier alpha value is -1.65. The van der Waals surface area contributed by atoms with Crippen LogP contribution in [0.4, 0.5) is 5.69 Å².